The number of hydrogen-bond acceptors (Lipinski definition) is 2. The number of nitrogens with one attached hydrogen (secondary N) is 2. The summed E-state index contributed by atoms with van der Waals surface area (Å²) < 4.78 is 0. The second-order valence-electron chi connectivity index (χ2n) is 5.93. The quantitative estimate of drug-likeness (QED) is 0.580. The third-order valence-corrected chi connectivity index (χ3v) is 4.28. The van der Waals surface area contributed by atoms with Crippen LogP contribution in [0.2, 0.25) is 5.02 Å². The highest BCUT2D eigenvalue weighted by atomic mass is 35.5. The van der Waals surface area contributed by atoms with E-state index in [9.17, 15) is 4.79 Å². The standard InChI is InChI=1S/C20H25ClN4O/c1-22-20(25(2)15-17-10-6-7-11-18(17)21)23-13-12-19(26)24-14-16-8-4-3-5-9-16/h3-11H,12-15H2,1-2H3,(H,22,23)(H,24,26). The normalized spacial score (nSPS) is 11.1. The van der Waals surface area contributed by atoms with E-state index >= 15 is 0 Å². The molecule has 2 N–H and O–H groups in total. The molecular formula is C20H25ClN4O. The number of benzene rings is 2. The largest absolute Gasteiger partial charge is 0.356 e. The zero-order valence-corrected chi connectivity index (χ0v) is 16.0. The van der Waals surface area contributed by atoms with Crippen LogP contribution in [0.1, 0.15) is 17.5 Å². The number of hydrogen-bond donors (Lipinski definition) is 2. The summed E-state index contributed by atoms with van der Waals surface area (Å²) in [5.41, 5.74) is 2.12. The molecule has 0 atom stereocenters. The van der Waals surface area contributed by atoms with Gasteiger partial charge in [-0.25, -0.2) is 0 Å². The molecule has 2 aromatic carbocycles. The fraction of sp³-hybridized carbons (Fsp3) is 0.300. The fourth-order valence-corrected chi connectivity index (χ4v) is 2.71. The molecule has 138 valence electrons. The third-order valence-electron chi connectivity index (χ3n) is 3.91. The highest BCUT2D eigenvalue weighted by Gasteiger charge is 2.09. The van der Waals surface area contributed by atoms with Crippen molar-refractivity contribution >= 4 is 23.5 Å². The molecule has 26 heavy (non-hydrogen) atoms. The molecule has 1 amide bonds. The Morgan fingerprint density at radius 3 is 2.46 bits per heavy atom. The van der Waals surface area contributed by atoms with Crippen molar-refractivity contribution in [1.82, 2.24) is 15.5 Å². The minimum atomic E-state index is 0.00515. The number of nitrogens with zero attached hydrogens (tertiary/aromatic N) is 2. The van der Waals surface area contributed by atoms with E-state index in [2.05, 4.69) is 15.6 Å². The zero-order valence-electron chi connectivity index (χ0n) is 15.2. The maximum Gasteiger partial charge on any atom is 0.222 e. The minimum absolute atomic E-state index is 0.00515. The lowest BCUT2D eigenvalue weighted by molar-refractivity contribution is -0.121. The lowest BCUT2D eigenvalue weighted by Gasteiger charge is -2.22. The van der Waals surface area contributed by atoms with Crippen LogP contribution in [0.4, 0.5) is 0 Å². The smallest absolute Gasteiger partial charge is 0.222 e. The summed E-state index contributed by atoms with van der Waals surface area (Å²) in [5.74, 6) is 0.728. The van der Waals surface area contributed by atoms with Gasteiger partial charge in [0.2, 0.25) is 5.91 Å². The van der Waals surface area contributed by atoms with Crippen LogP contribution < -0.4 is 10.6 Å². The number of carbonyl (C=O) groups is 1. The summed E-state index contributed by atoms with van der Waals surface area (Å²) in [6, 6.07) is 17.6. The van der Waals surface area contributed by atoms with Gasteiger partial charge in [0.05, 0.1) is 0 Å². The maximum absolute atomic E-state index is 12.0. The molecule has 0 aliphatic rings. The third kappa shape index (κ3) is 6.41. The predicted octanol–water partition coefficient (Wildman–Crippen LogP) is 3.05. The molecule has 0 aliphatic carbocycles. The van der Waals surface area contributed by atoms with Crippen LogP contribution in [0, 0.1) is 0 Å². The van der Waals surface area contributed by atoms with Gasteiger partial charge < -0.3 is 15.5 Å². The molecule has 0 unspecified atom stereocenters. The molecule has 2 aromatic rings. The Bertz CT molecular complexity index is 734. The summed E-state index contributed by atoms with van der Waals surface area (Å²) in [5, 5.41) is 6.86. The molecule has 0 aromatic heterocycles. The van der Waals surface area contributed by atoms with Gasteiger partial charge in [-0.15, -0.1) is 0 Å². The van der Waals surface area contributed by atoms with Crippen molar-refractivity contribution in [2.24, 2.45) is 4.99 Å². The number of halogens is 1. The SMILES string of the molecule is CN=C(NCCC(=O)NCc1ccccc1)N(C)Cc1ccccc1Cl. The van der Waals surface area contributed by atoms with Crippen LogP contribution in [0.15, 0.2) is 59.6 Å². The van der Waals surface area contributed by atoms with E-state index in [0.29, 0.717) is 26.1 Å². The monoisotopic (exact) mass is 372 g/mol. The van der Waals surface area contributed by atoms with Gasteiger partial charge in [0.15, 0.2) is 5.96 Å². The molecule has 5 nitrogen and oxygen atoms in total. The second kappa shape index (κ2) is 10.5. The van der Waals surface area contributed by atoms with Crippen molar-refractivity contribution < 1.29 is 4.79 Å². The summed E-state index contributed by atoms with van der Waals surface area (Å²) in [6.07, 6.45) is 0.381. The van der Waals surface area contributed by atoms with E-state index in [1.807, 2.05) is 66.5 Å². The van der Waals surface area contributed by atoms with Crippen LogP contribution in [-0.4, -0.2) is 37.4 Å². The zero-order chi connectivity index (χ0) is 18.8. The van der Waals surface area contributed by atoms with Crippen molar-refractivity contribution in [1.29, 1.82) is 0 Å². The lowest BCUT2D eigenvalue weighted by atomic mass is 10.2. The first-order valence-electron chi connectivity index (χ1n) is 8.56. The molecular weight excluding hydrogens is 348 g/mol. The van der Waals surface area contributed by atoms with Crippen molar-refractivity contribution in [3.05, 3.63) is 70.7 Å². The average Bonchev–Trinajstić information content (AvgIpc) is 2.66. The van der Waals surface area contributed by atoms with Gasteiger partial charge in [-0.2, -0.15) is 0 Å². The molecule has 0 bridgehead atoms. The van der Waals surface area contributed by atoms with E-state index in [1.54, 1.807) is 7.05 Å². The van der Waals surface area contributed by atoms with Crippen molar-refractivity contribution in [2.45, 2.75) is 19.5 Å². The topological polar surface area (TPSA) is 56.7 Å². The highest BCUT2D eigenvalue weighted by Crippen LogP contribution is 2.16. The Hall–Kier alpha value is -2.53. The summed E-state index contributed by atoms with van der Waals surface area (Å²) in [4.78, 5) is 18.2. The van der Waals surface area contributed by atoms with Crippen LogP contribution in [0.5, 0.6) is 0 Å². The van der Waals surface area contributed by atoms with Gasteiger partial charge in [0.25, 0.3) is 0 Å². The average molecular weight is 373 g/mol. The molecule has 0 saturated heterocycles. The van der Waals surface area contributed by atoms with E-state index in [1.165, 1.54) is 0 Å². The van der Waals surface area contributed by atoms with Gasteiger partial charge in [-0.05, 0) is 17.2 Å². The maximum atomic E-state index is 12.0. The minimum Gasteiger partial charge on any atom is -0.356 e. The van der Waals surface area contributed by atoms with Crippen LogP contribution in [-0.2, 0) is 17.9 Å². The van der Waals surface area contributed by atoms with Crippen molar-refractivity contribution in [3.8, 4) is 0 Å². The number of amides is 1. The first kappa shape index (κ1) is 19.8. The molecule has 0 heterocycles. The fourth-order valence-electron chi connectivity index (χ4n) is 2.51. The van der Waals surface area contributed by atoms with E-state index in [0.717, 1.165) is 22.1 Å². The van der Waals surface area contributed by atoms with Crippen LogP contribution in [0.25, 0.3) is 0 Å². The lowest BCUT2D eigenvalue weighted by Crippen LogP contribution is -2.40. The van der Waals surface area contributed by atoms with Crippen molar-refractivity contribution in [2.75, 3.05) is 20.6 Å². The number of aliphatic imine (C=N–C) groups is 1. The van der Waals surface area contributed by atoms with Crippen LogP contribution in [0.3, 0.4) is 0 Å². The molecule has 2 rings (SSSR count). The Kier molecular flexibility index (Phi) is 7.96. The highest BCUT2D eigenvalue weighted by molar-refractivity contribution is 6.31. The Morgan fingerprint density at radius 1 is 1.08 bits per heavy atom. The molecule has 6 heteroatoms. The van der Waals surface area contributed by atoms with Gasteiger partial charge in [0.1, 0.15) is 0 Å². The Balaban J connectivity index is 1.74. The first-order chi connectivity index (χ1) is 12.6. The number of guanidine groups is 1. The van der Waals surface area contributed by atoms with Crippen LogP contribution >= 0.6 is 11.6 Å². The summed E-state index contributed by atoms with van der Waals surface area (Å²) >= 11 is 6.21. The van der Waals surface area contributed by atoms with Gasteiger partial charge >= 0.3 is 0 Å². The van der Waals surface area contributed by atoms with E-state index in [-0.39, 0.29) is 5.91 Å². The number of rotatable bonds is 7. The Morgan fingerprint density at radius 2 is 1.77 bits per heavy atom. The summed E-state index contributed by atoms with van der Waals surface area (Å²) in [7, 11) is 3.66. The molecule has 0 aliphatic heterocycles. The molecule has 0 radical (unpaired) electrons. The van der Waals surface area contributed by atoms with Gasteiger partial charge in [-0.3, -0.25) is 9.79 Å². The van der Waals surface area contributed by atoms with E-state index in [4.69, 9.17) is 11.6 Å². The van der Waals surface area contributed by atoms with Gasteiger partial charge in [-0.1, -0.05) is 60.1 Å². The first-order valence-corrected chi connectivity index (χ1v) is 8.93. The van der Waals surface area contributed by atoms with Gasteiger partial charge in [0, 0.05) is 45.2 Å². The second-order valence-corrected chi connectivity index (χ2v) is 6.34. The van der Waals surface area contributed by atoms with Crippen molar-refractivity contribution in [3.63, 3.8) is 0 Å². The predicted molar refractivity (Wildman–Crippen MR) is 107 cm³/mol. The molecule has 0 saturated carbocycles. The van der Waals surface area contributed by atoms with E-state index < -0.39 is 0 Å². The summed E-state index contributed by atoms with van der Waals surface area (Å²) in [6.45, 7) is 1.69. The molecule has 0 spiro atoms. The number of carbonyl (C=O) groups excluding carboxylic acids is 1. The molecule has 0 fully saturated rings. The Labute approximate surface area is 160 Å².